The number of aliphatic hydroxyl groups is 20. The van der Waals surface area contributed by atoms with Crippen LogP contribution in [-0.4, -0.2) is 492 Å². The number of carboxylic acids is 2. The summed E-state index contributed by atoms with van der Waals surface area (Å²) in [7, 11) is 0. The average Bonchev–Trinajstić information content (AvgIpc) is 1.68. The summed E-state index contributed by atoms with van der Waals surface area (Å²) in [6.07, 6.45) is -67.1. The van der Waals surface area contributed by atoms with Gasteiger partial charge in [0.05, 0.1) is 136 Å². The number of amides is 1. The van der Waals surface area contributed by atoms with Crippen LogP contribution in [0.3, 0.4) is 0 Å². The Morgan fingerprint density at radius 3 is 1.25 bits per heavy atom. The number of ether oxygens (including phenoxy) is 18. The average molecular weight is 2160 g/mol. The number of thiazole rings is 1. The lowest BCUT2D eigenvalue weighted by molar-refractivity contribution is -0.395. The van der Waals surface area contributed by atoms with Crippen LogP contribution in [0.15, 0.2) is 11.0 Å². The van der Waals surface area contributed by atoms with Gasteiger partial charge in [0.25, 0.3) is 0 Å². The van der Waals surface area contributed by atoms with Crippen LogP contribution in [0.2, 0.25) is 0 Å². The predicted molar refractivity (Wildman–Crippen MR) is 502 cm³/mol. The largest absolute Gasteiger partial charge is 0.481 e. The van der Waals surface area contributed by atoms with E-state index in [1.807, 2.05) is 32.2 Å². The zero-order valence-electron chi connectivity index (χ0n) is 82.9. The highest BCUT2D eigenvalue weighted by Crippen LogP contribution is 2.47. The number of aliphatic hydroxyl groups excluding tert-OH is 20. The number of hydrogen-bond donors (Lipinski definition) is 24. The Balaban J connectivity index is 0.000000422. The summed E-state index contributed by atoms with van der Waals surface area (Å²) in [6, 6.07) is -0.299. The zero-order valence-corrected chi connectivity index (χ0v) is 85.3. The number of carboxylic acid groups (broad SMARTS) is 2. The SMILES string of the molecule is C/C(=C\c1csc(C)n1)[C@@H]1C[C@@H]2O[C@]2(C)CCC[C@H](C)[C@H](OC(=O)CCCCCN)[C@@H](C)C(=O)C(C)(C)[C@@H](O)CC(=O)N1.CCC(CSCC1O[C@H]2O[C@@H]3C(CO)O[C@H](O[C@@H]4C(CO)O[C@H](O[C@@H]5C(CO)O[C@@H](O[C@@H]6C(CSCC(CC(=O)CCOCCOCCC(C)=O)C(=O)O)O[C@H](O[C@@H]7C(CO)O[C@@H](O[C@@H]8C(CO)O[C@@H](O[C@H]1[C@H](O)C2O)C(O)[C@H]8O)C(O)[C@H]7O)C(O)[C@H]6O)C(O)[C@H]5O)C(O)[C@H]4O)C(O)[C@H]3O)C(=O)O. The highest BCUT2D eigenvalue weighted by molar-refractivity contribution is 7.99. The zero-order chi connectivity index (χ0) is 107. The van der Waals surface area contributed by atoms with Crippen LogP contribution in [0.5, 0.6) is 0 Å². The Hall–Kier alpha value is -4.56. The summed E-state index contributed by atoms with van der Waals surface area (Å²) in [5, 5.41) is 254. The van der Waals surface area contributed by atoms with Gasteiger partial charge in [-0.05, 0) is 83.9 Å². The number of unbranched alkanes of at least 4 members (excludes halogenated alkanes) is 2. The number of carbonyl (C=O) groups excluding carboxylic acids is 5. The lowest BCUT2D eigenvalue weighted by atomic mass is 9.72. The maximum absolute atomic E-state index is 13.9. The Kier molecular flexibility index (Phi) is 48.3. The monoisotopic (exact) mass is 2160 g/mol. The summed E-state index contributed by atoms with van der Waals surface area (Å²) in [5.74, 6) is -8.35. The number of hydrogen-bond acceptors (Lipinski definition) is 50. The molecule has 23 fully saturated rings. The number of ketones is 3. The van der Waals surface area contributed by atoms with Gasteiger partial charge in [-0.1, -0.05) is 47.5 Å². The molecule has 24 heterocycles. The summed E-state index contributed by atoms with van der Waals surface area (Å²) in [5.41, 5.74) is 5.84. The molecule has 44 atom stereocenters. The molecule has 16 unspecified atom stereocenters. The Morgan fingerprint density at radius 1 is 0.521 bits per heavy atom. The van der Waals surface area contributed by atoms with Crippen LogP contribution in [0.4, 0.5) is 0 Å². The van der Waals surface area contributed by atoms with Crippen LogP contribution < -0.4 is 11.1 Å². The molecule has 0 radical (unpaired) electrons. The molecule has 23 aliphatic heterocycles. The summed E-state index contributed by atoms with van der Waals surface area (Å²) < 4.78 is 106. The van der Waals surface area contributed by atoms with Crippen molar-refractivity contribution in [3.63, 3.8) is 0 Å². The van der Waals surface area contributed by atoms with Gasteiger partial charge in [-0.25, -0.2) is 4.98 Å². The molecule has 1 aromatic heterocycles. The van der Waals surface area contributed by atoms with Gasteiger partial charge in [0.2, 0.25) is 5.91 Å². The van der Waals surface area contributed by atoms with Gasteiger partial charge in [0, 0.05) is 60.5 Å². The van der Waals surface area contributed by atoms with Gasteiger partial charge >= 0.3 is 17.9 Å². The van der Waals surface area contributed by atoms with Crippen molar-refractivity contribution in [2.45, 2.75) is 391 Å². The van der Waals surface area contributed by atoms with Crippen molar-refractivity contribution in [2.75, 3.05) is 89.0 Å². The number of aromatic nitrogens is 1. The summed E-state index contributed by atoms with van der Waals surface area (Å²) in [6.45, 7) is 11.5. The van der Waals surface area contributed by atoms with E-state index in [1.54, 1.807) is 39.0 Å². The molecule has 1 amide bonds. The van der Waals surface area contributed by atoms with E-state index in [1.165, 1.54) is 6.92 Å². The molecule has 25 N–H and O–H groups in total. The summed E-state index contributed by atoms with van der Waals surface area (Å²) in [4.78, 5) is 93.3. The van der Waals surface area contributed by atoms with E-state index in [-0.39, 0.29) is 123 Å². The van der Waals surface area contributed by atoms with E-state index in [2.05, 4.69) is 17.2 Å². The number of aryl methyl sites for hydroxylation is 1. The third kappa shape index (κ3) is 31.9. The normalized spacial score (nSPS) is 41.2. The third-order valence-corrected chi connectivity index (χ3v) is 31.4. The standard InChI is InChI=1S/C60H98O41S2.C33H53N3O6S/c1-3-21(52(82)83)16-102-18-29-50-36(73)43(80)59(93-29)98-48-27(14-64)89-55(39(76)32(48)69)95-45-24(11-61)88-54(38(75)31(45)68)96-46-26(13-63)92-58(42(79)35(46)72)101-51-30(19-103-17-22(53(84)85)10-23(67)5-7-87-9-8-86-6-4-20(2)66)94-60(44(81)37(51)74)99-49-28(15-65)90-56(40(77)33(49)70)97-47-25(12-62)91-57(100-50)41(78)34(47)71;1-20-12-11-14-33(7)27(42-33)17-25(21(2)16-24-19-43-23(4)35-24)36-28(38)18-26(37)32(5,6)31(40)22(3)30(20)41-29(39)13-9-8-10-15-34/h21-22,24-51,54-65,68-81H,3-19H2,1-2H3,(H,82,83)(H,84,85);16,19-20,22,25-27,30,37H,8-15,17-18,34H2,1-7H3,(H,36,38)/b;21-16+/t21?,22?,24?,25?,26?,27?,28?,29?,30?,31-,32-,33-,34-,35-,36-,37-,38?,39?,40?,41?,42?,43?,44?,45-,46-,47-,48-,49-,50-,51-,54-,55-,56+,57+,58+,59+,60-;20-,22+,25-,26-,27-,30-,33+/m10/s1. The molecule has 14 bridgehead atoms. The van der Waals surface area contributed by atoms with Gasteiger partial charge in [-0.2, -0.15) is 23.5 Å². The van der Waals surface area contributed by atoms with Gasteiger partial charge in [-0.15, -0.1) is 11.3 Å². The molecule has 50 nitrogen and oxygen atoms in total. The quantitative estimate of drug-likeness (QED) is 0.0171. The van der Waals surface area contributed by atoms with Gasteiger partial charge in [0.1, 0.15) is 182 Å². The maximum Gasteiger partial charge on any atom is 0.307 e. The van der Waals surface area contributed by atoms with Crippen molar-refractivity contribution in [2.24, 2.45) is 34.8 Å². The minimum atomic E-state index is -2.31. The fourth-order valence-corrected chi connectivity index (χ4v) is 22.0. The van der Waals surface area contributed by atoms with Gasteiger partial charge in [0.15, 0.2) is 44.0 Å². The Morgan fingerprint density at radius 2 is 0.897 bits per heavy atom. The molecule has 0 spiro atoms. The second-order valence-corrected chi connectivity index (χ2v) is 42.7. The fraction of sp³-hybridized carbons (Fsp3) is 0.871. The van der Waals surface area contributed by atoms with Crippen molar-refractivity contribution >= 4 is 82.1 Å². The molecule has 0 saturated carbocycles. The number of carbonyl (C=O) groups is 7. The van der Waals surface area contributed by atoms with E-state index < -0.39 is 313 Å². The lowest BCUT2D eigenvalue weighted by Crippen LogP contribution is -2.68. The number of nitrogens with one attached hydrogen (secondary N) is 1. The fourth-order valence-electron chi connectivity index (χ4n) is 18.9. The number of thioether (sulfide) groups is 2. The number of aliphatic carboxylic acids is 2. The van der Waals surface area contributed by atoms with E-state index in [0.717, 1.165) is 71.9 Å². The predicted octanol–water partition coefficient (Wildman–Crippen LogP) is -6.46. The van der Waals surface area contributed by atoms with Crippen LogP contribution in [0.1, 0.15) is 150 Å². The Bertz CT molecular complexity index is 4250. The number of nitrogens with two attached hydrogens (primary N) is 1. The van der Waals surface area contributed by atoms with Crippen LogP contribution in [-0.2, 0) is 119 Å². The van der Waals surface area contributed by atoms with Crippen molar-refractivity contribution in [1.82, 2.24) is 10.3 Å². The first-order valence-electron chi connectivity index (χ1n) is 49.4. The molecule has 23 aliphatic rings. The molecular formula is C93H151N3O47S3. The summed E-state index contributed by atoms with van der Waals surface area (Å²) >= 11 is 3.30. The first-order valence-corrected chi connectivity index (χ1v) is 52.6. The molecule has 838 valence electrons. The minimum Gasteiger partial charge on any atom is -0.481 e. The first-order chi connectivity index (χ1) is 69.2. The smallest absolute Gasteiger partial charge is 0.307 e. The van der Waals surface area contributed by atoms with Crippen molar-refractivity contribution in [3.05, 3.63) is 21.7 Å². The second kappa shape index (κ2) is 57.2. The van der Waals surface area contributed by atoms with Crippen molar-refractivity contribution in [1.29, 1.82) is 0 Å². The van der Waals surface area contributed by atoms with Crippen LogP contribution in [0, 0.1) is 36.0 Å². The van der Waals surface area contributed by atoms with Gasteiger partial charge in [-0.3, -0.25) is 33.6 Å². The van der Waals surface area contributed by atoms with E-state index >= 15 is 0 Å². The molecule has 24 rings (SSSR count). The molecule has 53 heteroatoms. The second-order valence-electron chi connectivity index (χ2n) is 39.5. The molecular weight excluding hydrogens is 2010 g/mol. The first kappa shape index (κ1) is 123. The van der Waals surface area contributed by atoms with Gasteiger partial charge < -0.3 is 209 Å². The van der Waals surface area contributed by atoms with Crippen LogP contribution >= 0.6 is 34.9 Å². The number of esters is 1. The molecule has 23 saturated heterocycles. The molecule has 0 aliphatic carbocycles. The van der Waals surface area contributed by atoms with Crippen molar-refractivity contribution < 1.29 is 231 Å². The lowest BCUT2D eigenvalue weighted by Gasteiger charge is -2.50. The minimum absolute atomic E-state index is 0.0226. The highest BCUT2D eigenvalue weighted by Gasteiger charge is 2.62. The van der Waals surface area contributed by atoms with E-state index in [9.17, 15) is 146 Å². The number of fused-ring (bicyclic) bond motifs is 1. The number of nitrogens with zero attached hydrogens (tertiary/aromatic N) is 1. The molecule has 146 heavy (non-hydrogen) atoms. The number of Topliss-reactive ketones (excluding diaryl/α,β-unsaturated/α-hetero) is 3. The highest BCUT2D eigenvalue weighted by atomic mass is 32.2. The number of epoxide rings is 1. The topological polar surface area (TPSA) is 785 Å². The molecule has 1 aromatic rings. The van der Waals surface area contributed by atoms with E-state index in [0.29, 0.717) is 19.4 Å². The van der Waals surface area contributed by atoms with Crippen molar-refractivity contribution in [3.8, 4) is 0 Å². The molecule has 0 aromatic carbocycles. The van der Waals surface area contributed by atoms with E-state index in [4.69, 9.17) is 91.0 Å². The third-order valence-electron chi connectivity index (χ3n) is 28.2. The Labute approximate surface area is 855 Å². The maximum atomic E-state index is 13.9. The number of rotatable bonds is 35. The van der Waals surface area contributed by atoms with Crippen LogP contribution in [0.25, 0.3) is 6.08 Å².